The molecule has 0 saturated carbocycles. The fourth-order valence-electron chi connectivity index (χ4n) is 2.56. The summed E-state index contributed by atoms with van der Waals surface area (Å²) < 4.78 is 0. The highest BCUT2D eigenvalue weighted by Gasteiger charge is 2.22. The molecule has 1 amide bonds. The summed E-state index contributed by atoms with van der Waals surface area (Å²) in [6.07, 6.45) is 3.63. The molecule has 0 spiro atoms. The van der Waals surface area contributed by atoms with Gasteiger partial charge < -0.3 is 16.0 Å². The Kier molecular flexibility index (Phi) is 8.41. The minimum Gasteiger partial charge on any atom is -0.356 e. The number of thiazole rings is 1. The minimum absolute atomic E-state index is 0. The van der Waals surface area contributed by atoms with Crippen LogP contribution >= 0.6 is 36.2 Å². The molecule has 2 aromatic heterocycles. The maximum absolute atomic E-state index is 12.2. The van der Waals surface area contributed by atoms with Crippen LogP contribution in [-0.2, 0) is 6.54 Å². The lowest BCUT2D eigenvalue weighted by atomic mass is 10.0. The zero-order chi connectivity index (χ0) is 15.4. The average Bonchev–Trinajstić information content (AvgIpc) is 3.06. The normalized spacial score (nSPS) is 14.5. The van der Waals surface area contributed by atoms with Gasteiger partial charge in [-0.3, -0.25) is 4.79 Å². The van der Waals surface area contributed by atoms with Crippen molar-refractivity contribution in [3.05, 3.63) is 40.5 Å². The maximum atomic E-state index is 12.2. The lowest BCUT2D eigenvalue weighted by Gasteiger charge is -2.33. The largest absolute Gasteiger partial charge is 0.356 e. The molecule has 3 N–H and O–H groups in total. The van der Waals surface area contributed by atoms with Crippen molar-refractivity contribution < 1.29 is 4.79 Å². The first-order valence-electron chi connectivity index (χ1n) is 7.37. The molecule has 3 heterocycles. The third kappa shape index (κ3) is 5.04. The van der Waals surface area contributed by atoms with Crippen molar-refractivity contribution in [2.24, 2.45) is 5.73 Å². The molecule has 6 nitrogen and oxygen atoms in total. The summed E-state index contributed by atoms with van der Waals surface area (Å²) in [5, 5.41) is 5.61. The first-order valence-corrected chi connectivity index (χ1v) is 8.25. The van der Waals surface area contributed by atoms with Crippen molar-refractivity contribution in [1.82, 2.24) is 15.3 Å². The molecule has 1 fully saturated rings. The van der Waals surface area contributed by atoms with Gasteiger partial charge in [-0.2, -0.15) is 0 Å². The van der Waals surface area contributed by atoms with Crippen LogP contribution in [0.4, 0.5) is 5.82 Å². The molecule has 0 atom stereocenters. The Balaban J connectivity index is 0.00000144. The molecule has 1 aliphatic rings. The third-order valence-corrected chi connectivity index (χ3v) is 4.63. The number of anilines is 1. The van der Waals surface area contributed by atoms with Crippen LogP contribution in [-0.4, -0.2) is 35.0 Å². The van der Waals surface area contributed by atoms with E-state index in [4.69, 9.17) is 5.73 Å². The number of hydrogen-bond acceptors (Lipinski definition) is 6. The Morgan fingerprint density at radius 3 is 2.67 bits per heavy atom. The summed E-state index contributed by atoms with van der Waals surface area (Å²) in [6, 6.07) is 6.12. The van der Waals surface area contributed by atoms with Gasteiger partial charge in [0.1, 0.15) is 16.5 Å². The number of halogens is 2. The van der Waals surface area contributed by atoms with E-state index < -0.39 is 0 Å². The number of piperidine rings is 1. The van der Waals surface area contributed by atoms with E-state index in [0.29, 0.717) is 12.2 Å². The van der Waals surface area contributed by atoms with Crippen molar-refractivity contribution in [3.63, 3.8) is 0 Å². The summed E-state index contributed by atoms with van der Waals surface area (Å²) in [4.78, 5) is 23.0. The van der Waals surface area contributed by atoms with Crippen molar-refractivity contribution in [1.29, 1.82) is 0 Å². The zero-order valence-corrected chi connectivity index (χ0v) is 15.5. The van der Waals surface area contributed by atoms with Crippen LogP contribution < -0.4 is 16.0 Å². The first-order chi connectivity index (χ1) is 10.8. The van der Waals surface area contributed by atoms with Crippen molar-refractivity contribution >= 4 is 47.9 Å². The predicted octanol–water partition coefficient (Wildman–Crippen LogP) is 2.24. The second kappa shape index (κ2) is 9.78. The van der Waals surface area contributed by atoms with Crippen LogP contribution in [0.25, 0.3) is 0 Å². The van der Waals surface area contributed by atoms with Gasteiger partial charge in [0.25, 0.3) is 5.91 Å². The maximum Gasteiger partial charge on any atom is 0.270 e. The number of carbonyl (C=O) groups excluding carboxylic acids is 1. The molecule has 1 saturated heterocycles. The van der Waals surface area contributed by atoms with E-state index in [1.54, 1.807) is 11.6 Å². The van der Waals surface area contributed by atoms with Gasteiger partial charge >= 0.3 is 0 Å². The Labute approximate surface area is 157 Å². The second-order valence-electron chi connectivity index (χ2n) is 5.25. The highest BCUT2D eigenvalue weighted by Crippen LogP contribution is 2.18. The molecule has 0 bridgehead atoms. The molecule has 2 aromatic rings. The number of rotatable bonds is 4. The van der Waals surface area contributed by atoms with E-state index in [1.165, 1.54) is 11.3 Å². The SMILES string of the molecule is Cl.Cl.NCc1nc(C(=O)NC2CCN(c3ccccn3)CC2)cs1. The third-order valence-electron chi connectivity index (χ3n) is 3.76. The van der Waals surface area contributed by atoms with Gasteiger partial charge in [0.05, 0.1) is 0 Å². The molecule has 0 unspecified atom stereocenters. The van der Waals surface area contributed by atoms with E-state index in [2.05, 4.69) is 20.2 Å². The van der Waals surface area contributed by atoms with Crippen LogP contribution in [0.1, 0.15) is 28.3 Å². The van der Waals surface area contributed by atoms with Gasteiger partial charge in [-0.05, 0) is 25.0 Å². The first kappa shape index (κ1) is 20.6. The Hall–Kier alpha value is -1.41. The monoisotopic (exact) mass is 389 g/mol. The standard InChI is InChI=1S/C15H19N5OS.2ClH/c16-9-14-19-12(10-22-14)15(21)18-11-4-7-20(8-5-11)13-3-1-2-6-17-13;;/h1-3,6,10-11H,4-5,7-9,16H2,(H,18,21);2*1H. The molecule has 0 aliphatic carbocycles. The topological polar surface area (TPSA) is 84.1 Å². The Morgan fingerprint density at radius 2 is 2.08 bits per heavy atom. The molecular formula is C15H21Cl2N5OS. The molecule has 0 aromatic carbocycles. The van der Waals surface area contributed by atoms with Gasteiger partial charge in [-0.25, -0.2) is 9.97 Å². The van der Waals surface area contributed by atoms with Gasteiger partial charge in [-0.1, -0.05) is 6.07 Å². The van der Waals surface area contributed by atoms with Gasteiger partial charge in [0.2, 0.25) is 0 Å². The minimum atomic E-state index is -0.104. The summed E-state index contributed by atoms with van der Waals surface area (Å²) in [7, 11) is 0. The van der Waals surface area contributed by atoms with Gasteiger partial charge in [0.15, 0.2) is 0 Å². The smallest absolute Gasteiger partial charge is 0.270 e. The number of hydrogen-bond donors (Lipinski definition) is 2. The number of aromatic nitrogens is 2. The van der Waals surface area contributed by atoms with E-state index in [9.17, 15) is 4.79 Å². The number of nitrogens with zero attached hydrogens (tertiary/aromatic N) is 3. The van der Waals surface area contributed by atoms with Crippen molar-refractivity contribution in [2.75, 3.05) is 18.0 Å². The number of carbonyl (C=O) groups is 1. The Bertz CT molecular complexity index is 632. The quantitative estimate of drug-likeness (QED) is 0.837. The van der Waals surface area contributed by atoms with Crippen LogP contribution in [0.5, 0.6) is 0 Å². The number of nitrogens with two attached hydrogens (primary N) is 1. The summed E-state index contributed by atoms with van der Waals surface area (Å²) in [6.45, 7) is 2.17. The van der Waals surface area contributed by atoms with E-state index in [1.807, 2.05) is 18.2 Å². The summed E-state index contributed by atoms with van der Waals surface area (Å²) in [5.41, 5.74) is 5.99. The molecule has 1 aliphatic heterocycles. The number of amides is 1. The van der Waals surface area contributed by atoms with Crippen molar-refractivity contribution in [3.8, 4) is 0 Å². The molecule has 0 radical (unpaired) electrons. The highest BCUT2D eigenvalue weighted by atomic mass is 35.5. The van der Waals surface area contributed by atoms with Gasteiger partial charge in [-0.15, -0.1) is 36.2 Å². The molecule has 132 valence electrons. The molecule has 3 rings (SSSR count). The Morgan fingerprint density at radius 1 is 1.33 bits per heavy atom. The van der Waals surface area contributed by atoms with E-state index in [0.717, 1.165) is 36.8 Å². The van der Waals surface area contributed by atoms with Crippen LogP contribution in [0.15, 0.2) is 29.8 Å². The fourth-order valence-corrected chi connectivity index (χ4v) is 3.22. The average molecular weight is 390 g/mol. The molecule has 9 heteroatoms. The van der Waals surface area contributed by atoms with Gasteiger partial charge in [0, 0.05) is 37.3 Å². The molecular weight excluding hydrogens is 369 g/mol. The van der Waals surface area contributed by atoms with E-state index in [-0.39, 0.29) is 36.8 Å². The van der Waals surface area contributed by atoms with Crippen LogP contribution in [0.2, 0.25) is 0 Å². The second-order valence-corrected chi connectivity index (χ2v) is 6.20. The number of pyridine rings is 1. The summed E-state index contributed by atoms with van der Waals surface area (Å²) in [5.74, 6) is 0.895. The highest BCUT2D eigenvalue weighted by molar-refractivity contribution is 7.09. The van der Waals surface area contributed by atoms with Crippen molar-refractivity contribution in [2.45, 2.75) is 25.4 Å². The van der Waals surface area contributed by atoms with Crippen LogP contribution in [0, 0.1) is 0 Å². The van der Waals surface area contributed by atoms with E-state index >= 15 is 0 Å². The number of nitrogens with one attached hydrogen (secondary N) is 1. The lowest BCUT2D eigenvalue weighted by molar-refractivity contribution is 0.0926. The van der Waals surface area contributed by atoms with Crippen LogP contribution in [0.3, 0.4) is 0 Å². The fraction of sp³-hybridized carbons (Fsp3) is 0.400. The lowest BCUT2D eigenvalue weighted by Crippen LogP contribution is -2.45. The zero-order valence-electron chi connectivity index (χ0n) is 13.1. The summed E-state index contributed by atoms with van der Waals surface area (Å²) >= 11 is 1.42. The predicted molar refractivity (Wildman–Crippen MR) is 101 cm³/mol. The molecule has 24 heavy (non-hydrogen) atoms.